The van der Waals surface area contributed by atoms with Crippen LogP contribution in [0.2, 0.25) is 0 Å². The Balaban J connectivity index is 2.41. The molecule has 128 valence electrons. The van der Waals surface area contributed by atoms with E-state index in [1.807, 2.05) is 13.8 Å². The third-order valence-electron chi connectivity index (χ3n) is 3.21. The number of nitrogens with zero attached hydrogens (tertiary/aromatic N) is 2. The minimum Gasteiger partial charge on any atom is -0.500 e. The Bertz CT molecular complexity index is 746. The quantitative estimate of drug-likeness (QED) is 0.369. The van der Waals surface area contributed by atoms with E-state index in [9.17, 15) is 20.0 Å². The molecule has 0 aromatic heterocycles. The fourth-order valence-electron chi connectivity index (χ4n) is 2.17. The Morgan fingerprint density at radius 1 is 1.50 bits per heavy atom. The summed E-state index contributed by atoms with van der Waals surface area (Å²) in [5, 5.41) is 20.8. The Labute approximate surface area is 148 Å². The number of aromatic hydroxyl groups is 1. The molecule has 9 heteroatoms. The molecule has 0 radical (unpaired) electrons. The summed E-state index contributed by atoms with van der Waals surface area (Å²) in [5.41, 5.74) is -0.111. The van der Waals surface area contributed by atoms with Gasteiger partial charge in [-0.05, 0) is 23.6 Å². The predicted molar refractivity (Wildman–Crippen MR) is 96.0 cm³/mol. The number of rotatable bonds is 5. The molecular weight excluding hydrogens is 352 g/mol. The lowest BCUT2D eigenvalue weighted by Crippen LogP contribution is -2.31. The molecule has 0 unspecified atom stereocenters. The minimum atomic E-state index is -0.709. The molecule has 1 N–H and O–H groups in total. The van der Waals surface area contributed by atoms with Gasteiger partial charge in [-0.1, -0.05) is 37.8 Å². The maximum atomic E-state index is 12.4. The van der Waals surface area contributed by atoms with E-state index < -0.39 is 16.4 Å². The second-order valence-corrected chi connectivity index (χ2v) is 7.21. The third-order valence-corrected chi connectivity index (χ3v) is 4.59. The van der Waals surface area contributed by atoms with Crippen LogP contribution in [0.1, 0.15) is 19.4 Å². The topological polar surface area (TPSA) is 92.9 Å². The van der Waals surface area contributed by atoms with Gasteiger partial charge < -0.3 is 9.84 Å². The number of methoxy groups -OCH3 is 1. The van der Waals surface area contributed by atoms with Gasteiger partial charge in [0.15, 0.2) is 5.75 Å². The van der Waals surface area contributed by atoms with Crippen LogP contribution < -0.4 is 4.74 Å². The predicted octanol–water partition coefficient (Wildman–Crippen LogP) is 3.17. The highest BCUT2D eigenvalue weighted by Gasteiger charge is 2.32. The number of hydrogen-bond donors (Lipinski definition) is 1. The number of carbonyl (C=O) groups is 1. The van der Waals surface area contributed by atoms with Gasteiger partial charge in [-0.25, -0.2) is 0 Å². The van der Waals surface area contributed by atoms with Crippen molar-refractivity contribution in [3.8, 4) is 11.5 Å². The van der Waals surface area contributed by atoms with E-state index in [4.69, 9.17) is 17.0 Å². The first-order valence-electron chi connectivity index (χ1n) is 7.05. The van der Waals surface area contributed by atoms with Gasteiger partial charge in [0.05, 0.1) is 16.9 Å². The Morgan fingerprint density at radius 2 is 2.17 bits per heavy atom. The first kappa shape index (κ1) is 18.2. The molecule has 1 saturated heterocycles. The summed E-state index contributed by atoms with van der Waals surface area (Å²) in [4.78, 5) is 24.7. The number of phenolic OH excluding ortho intramolecular Hbond substituents is 1. The lowest BCUT2D eigenvalue weighted by molar-refractivity contribution is -0.386. The Kier molecular flexibility index (Phi) is 5.45. The zero-order valence-corrected chi connectivity index (χ0v) is 14.9. The molecule has 1 aliphatic rings. The van der Waals surface area contributed by atoms with Gasteiger partial charge in [0.2, 0.25) is 5.75 Å². The van der Waals surface area contributed by atoms with Crippen molar-refractivity contribution in [3.05, 3.63) is 32.7 Å². The van der Waals surface area contributed by atoms with Crippen molar-refractivity contribution >= 4 is 46.0 Å². The zero-order chi connectivity index (χ0) is 18.0. The number of nitro groups is 1. The molecule has 1 heterocycles. The minimum absolute atomic E-state index is 0.0342. The summed E-state index contributed by atoms with van der Waals surface area (Å²) in [6, 6.07) is 2.62. The Morgan fingerprint density at radius 3 is 2.71 bits per heavy atom. The zero-order valence-electron chi connectivity index (χ0n) is 13.3. The molecule has 1 aromatic carbocycles. The molecule has 1 aromatic rings. The van der Waals surface area contributed by atoms with E-state index in [0.717, 1.165) is 11.8 Å². The van der Waals surface area contributed by atoms with E-state index in [1.54, 1.807) is 0 Å². The number of hydrogen-bond acceptors (Lipinski definition) is 7. The molecule has 0 saturated carbocycles. The van der Waals surface area contributed by atoms with Crippen molar-refractivity contribution in [1.29, 1.82) is 0 Å². The van der Waals surface area contributed by atoms with Crippen LogP contribution in [0.5, 0.6) is 11.5 Å². The van der Waals surface area contributed by atoms with Gasteiger partial charge in [0, 0.05) is 12.6 Å². The molecule has 1 fully saturated rings. The standard InChI is InChI=1S/C15H16N2O5S2/c1-8(2)7-16-14(19)12(24-15(16)23)6-9-4-10(17(20)21)13(18)11(5-9)22-3/h4-6,8,18H,7H2,1-3H3/b12-6-. The SMILES string of the molecule is COc1cc(/C=C2\SC(=S)N(CC(C)C)C2=O)cc([N+](=O)[O-])c1O. The number of carbonyl (C=O) groups excluding carboxylic acids is 1. The molecule has 0 bridgehead atoms. The number of ether oxygens (including phenoxy) is 1. The van der Waals surface area contributed by atoms with Crippen LogP contribution in [0.25, 0.3) is 6.08 Å². The maximum absolute atomic E-state index is 12.4. The first-order valence-corrected chi connectivity index (χ1v) is 8.27. The molecule has 0 atom stereocenters. The van der Waals surface area contributed by atoms with Gasteiger partial charge in [0.1, 0.15) is 4.32 Å². The molecule has 2 rings (SSSR count). The van der Waals surface area contributed by atoms with Crippen molar-refractivity contribution in [2.45, 2.75) is 13.8 Å². The third kappa shape index (κ3) is 3.68. The highest BCUT2D eigenvalue weighted by Crippen LogP contribution is 2.39. The molecule has 1 aliphatic heterocycles. The van der Waals surface area contributed by atoms with Crippen LogP contribution in [0.4, 0.5) is 5.69 Å². The molecular formula is C15H16N2O5S2. The van der Waals surface area contributed by atoms with Crippen LogP contribution in [0.3, 0.4) is 0 Å². The highest BCUT2D eigenvalue weighted by molar-refractivity contribution is 8.26. The second kappa shape index (κ2) is 7.18. The molecule has 7 nitrogen and oxygen atoms in total. The number of nitro benzene ring substituents is 1. The van der Waals surface area contributed by atoms with Crippen LogP contribution in [-0.2, 0) is 4.79 Å². The van der Waals surface area contributed by atoms with Crippen molar-refractivity contribution < 1.29 is 19.6 Å². The number of thioether (sulfide) groups is 1. The molecule has 0 aliphatic carbocycles. The first-order chi connectivity index (χ1) is 11.2. The number of amides is 1. The Hall–Kier alpha value is -2.13. The normalized spacial score (nSPS) is 16.3. The average molecular weight is 368 g/mol. The summed E-state index contributed by atoms with van der Waals surface area (Å²) in [6.45, 7) is 4.48. The fraction of sp³-hybridized carbons (Fsp3) is 0.333. The maximum Gasteiger partial charge on any atom is 0.315 e. The number of thiocarbonyl (C=S) groups is 1. The van der Waals surface area contributed by atoms with Crippen LogP contribution in [0, 0.1) is 16.0 Å². The van der Waals surface area contributed by atoms with Gasteiger partial charge in [-0.3, -0.25) is 19.8 Å². The largest absolute Gasteiger partial charge is 0.500 e. The number of benzene rings is 1. The van der Waals surface area contributed by atoms with E-state index in [0.29, 0.717) is 21.3 Å². The summed E-state index contributed by atoms with van der Waals surface area (Å²) >= 11 is 6.37. The van der Waals surface area contributed by atoms with Crippen molar-refractivity contribution in [2.24, 2.45) is 5.92 Å². The van der Waals surface area contributed by atoms with Crippen LogP contribution in [0.15, 0.2) is 17.0 Å². The summed E-state index contributed by atoms with van der Waals surface area (Å²) < 4.78 is 5.41. The molecule has 0 spiro atoms. The fourth-order valence-corrected chi connectivity index (χ4v) is 3.44. The van der Waals surface area contributed by atoms with Gasteiger partial charge >= 0.3 is 5.69 Å². The monoisotopic (exact) mass is 368 g/mol. The lowest BCUT2D eigenvalue weighted by Gasteiger charge is -2.16. The summed E-state index contributed by atoms with van der Waals surface area (Å²) in [5.74, 6) is -0.546. The van der Waals surface area contributed by atoms with Gasteiger partial charge in [-0.2, -0.15) is 0 Å². The number of phenols is 1. The van der Waals surface area contributed by atoms with Gasteiger partial charge in [0.25, 0.3) is 5.91 Å². The average Bonchev–Trinajstić information content (AvgIpc) is 2.75. The summed E-state index contributed by atoms with van der Waals surface area (Å²) in [7, 11) is 1.30. The van der Waals surface area contributed by atoms with E-state index >= 15 is 0 Å². The molecule has 24 heavy (non-hydrogen) atoms. The van der Waals surface area contributed by atoms with Crippen LogP contribution in [-0.4, -0.2) is 38.8 Å². The van der Waals surface area contributed by atoms with E-state index in [2.05, 4.69) is 0 Å². The van der Waals surface area contributed by atoms with Crippen molar-refractivity contribution in [2.75, 3.05) is 13.7 Å². The van der Waals surface area contributed by atoms with Crippen molar-refractivity contribution in [3.63, 3.8) is 0 Å². The van der Waals surface area contributed by atoms with Gasteiger partial charge in [-0.15, -0.1) is 0 Å². The molecule has 1 amide bonds. The highest BCUT2D eigenvalue weighted by atomic mass is 32.2. The lowest BCUT2D eigenvalue weighted by atomic mass is 10.1. The van der Waals surface area contributed by atoms with Crippen LogP contribution >= 0.6 is 24.0 Å². The second-order valence-electron chi connectivity index (χ2n) is 5.53. The van der Waals surface area contributed by atoms with Crippen molar-refractivity contribution in [1.82, 2.24) is 4.90 Å². The summed E-state index contributed by atoms with van der Waals surface area (Å²) in [6.07, 6.45) is 1.51. The van der Waals surface area contributed by atoms with E-state index in [-0.39, 0.29) is 17.6 Å². The smallest absolute Gasteiger partial charge is 0.315 e. The van der Waals surface area contributed by atoms with E-state index in [1.165, 1.54) is 30.2 Å².